The number of carbonyl (C=O) groups excluding carboxylic acids is 3. The number of ether oxygens (including phenoxy) is 3. The summed E-state index contributed by atoms with van der Waals surface area (Å²) in [6, 6.07) is 1.62. The van der Waals surface area contributed by atoms with Crippen LogP contribution in [0.2, 0.25) is 0 Å². The summed E-state index contributed by atoms with van der Waals surface area (Å²) in [5, 5.41) is 11.2. The summed E-state index contributed by atoms with van der Waals surface area (Å²) >= 11 is 0. The lowest BCUT2D eigenvalue weighted by atomic mass is 9.82. The van der Waals surface area contributed by atoms with Crippen LogP contribution in [0.15, 0.2) is 28.2 Å². The van der Waals surface area contributed by atoms with Crippen molar-refractivity contribution in [1.82, 2.24) is 0 Å². The zero-order valence-corrected chi connectivity index (χ0v) is 18.2. The molecule has 1 fully saturated rings. The molecule has 8 nitrogen and oxygen atoms in total. The molecule has 2 aliphatic rings. The van der Waals surface area contributed by atoms with Crippen molar-refractivity contribution < 1.29 is 38.1 Å². The molecular weight excluding hydrogens is 404 g/mol. The number of hydrogen-bond acceptors (Lipinski definition) is 8. The summed E-state index contributed by atoms with van der Waals surface area (Å²) in [6.07, 6.45) is 0.662. The molecule has 4 atom stereocenters. The number of furan rings is 1. The lowest BCUT2D eigenvalue weighted by Crippen LogP contribution is -2.48. The van der Waals surface area contributed by atoms with Crippen molar-refractivity contribution in [2.45, 2.75) is 64.3 Å². The molecule has 31 heavy (non-hydrogen) atoms. The smallest absolute Gasteiger partial charge is 0.342 e. The van der Waals surface area contributed by atoms with Crippen LogP contribution in [0.1, 0.15) is 61.9 Å². The van der Waals surface area contributed by atoms with Gasteiger partial charge in [-0.1, -0.05) is 17.7 Å². The van der Waals surface area contributed by atoms with E-state index in [1.54, 1.807) is 19.1 Å². The molecule has 1 N–H and O–H groups in total. The van der Waals surface area contributed by atoms with E-state index < -0.39 is 35.7 Å². The summed E-state index contributed by atoms with van der Waals surface area (Å²) in [7, 11) is 1.31. The van der Waals surface area contributed by atoms with Crippen molar-refractivity contribution in [3.05, 3.63) is 40.9 Å². The highest BCUT2D eigenvalue weighted by atomic mass is 16.6. The van der Waals surface area contributed by atoms with Gasteiger partial charge in [-0.3, -0.25) is 4.79 Å². The molecule has 0 amide bonds. The van der Waals surface area contributed by atoms with E-state index in [1.807, 2.05) is 6.92 Å². The number of hydrogen-bond donors (Lipinski definition) is 1. The predicted octanol–water partition coefficient (Wildman–Crippen LogP) is 2.98. The van der Waals surface area contributed by atoms with Gasteiger partial charge < -0.3 is 23.7 Å². The van der Waals surface area contributed by atoms with Crippen LogP contribution < -0.4 is 0 Å². The number of fused-ring (bicyclic) bond motifs is 4. The molecule has 8 heteroatoms. The van der Waals surface area contributed by atoms with Gasteiger partial charge in [0.2, 0.25) is 5.60 Å². The maximum absolute atomic E-state index is 12.6. The molecule has 0 spiro atoms. The Kier molecular flexibility index (Phi) is 6.40. The molecule has 0 aromatic carbocycles. The summed E-state index contributed by atoms with van der Waals surface area (Å²) in [6.45, 7) is 8.87. The monoisotopic (exact) mass is 432 g/mol. The van der Waals surface area contributed by atoms with Crippen LogP contribution in [0.5, 0.6) is 0 Å². The minimum absolute atomic E-state index is 0.00168. The minimum atomic E-state index is -1.96. The average molecular weight is 432 g/mol. The lowest BCUT2D eigenvalue weighted by molar-refractivity contribution is -0.166. The molecule has 0 saturated carbocycles. The van der Waals surface area contributed by atoms with Crippen molar-refractivity contribution in [2.24, 2.45) is 5.92 Å². The van der Waals surface area contributed by atoms with Crippen LogP contribution in [0.4, 0.5) is 0 Å². The molecule has 0 aliphatic carbocycles. The normalized spacial score (nSPS) is 30.0. The van der Waals surface area contributed by atoms with Gasteiger partial charge in [-0.05, 0) is 44.7 Å². The SMILES string of the molecule is C=C(C)[C@@H]1CC[C@]2(O)C(=O)O[C@H](C/C(C)=C\c3cc(C(=O)OC)c(o3)C1)[C@H]2OC(C)=O. The van der Waals surface area contributed by atoms with Gasteiger partial charge in [0.05, 0.1) is 7.11 Å². The summed E-state index contributed by atoms with van der Waals surface area (Å²) in [5.74, 6) is -1.21. The van der Waals surface area contributed by atoms with E-state index in [0.29, 0.717) is 29.9 Å². The number of rotatable bonds is 3. The van der Waals surface area contributed by atoms with Gasteiger partial charge in [-0.25, -0.2) is 9.59 Å². The Hall–Kier alpha value is -2.87. The standard InChI is InChI=1S/C23H28O8/c1-12(2)15-6-7-23(27)20(29-14(4)24)19(31-22(23)26)9-13(3)8-16-11-17(21(25)28-5)18(10-15)30-16/h8,11,15,19-20,27H,1,6-7,9-10H2,2-5H3/b13-8-/t15-,19-,20-,23-/m1/s1. The first-order valence-electron chi connectivity index (χ1n) is 10.2. The Labute approximate surface area is 180 Å². The first-order valence-corrected chi connectivity index (χ1v) is 10.2. The van der Waals surface area contributed by atoms with Crippen LogP contribution in [0.25, 0.3) is 6.08 Å². The van der Waals surface area contributed by atoms with Gasteiger partial charge in [0.15, 0.2) is 6.10 Å². The number of aliphatic hydroxyl groups is 1. The van der Waals surface area contributed by atoms with Crippen molar-refractivity contribution in [1.29, 1.82) is 0 Å². The Morgan fingerprint density at radius 3 is 2.61 bits per heavy atom. The van der Waals surface area contributed by atoms with E-state index in [1.165, 1.54) is 14.0 Å². The average Bonchev–Trinajstić information content (AvgIpc) is 3.17. The van der Waals surface area contributed by atoms with Crippen LogP contribution in [0, 0.1) is 5.92 Å². The van der Waals surface area contributed by atoms with Gasteiger partial charge >= 0.3 is 17.9 Å². The van der Waals surface area contributed by atoms with Gasteiger partial charge in [0.25, 0.3) is 0 Å². The van der Waals surface area contributed by atoms with Gasteiger partial charge in [0.1, 0.15) is 23.2 Å². The van der Waals surface area contributed by atoms with Crippen LogP contribution in [-0.2, 0) is 30.2 Å². The molecule has 0 unspecified atom stereocenters. The van der Waals surface area contributed by atoms with Crippen molar-refractivity contribution in [3.8, 4) is 0 Å². The fourth-order valence-electron chi connectivity index (χ4n) is 4.19. The first kappa shape index (κ1) is 22.8. The number of allylic oxidation sites excluding steroid dienone is 1. The maximum atomic E-state index is 12.6. The van der Waals surface area contributed by atoms with Crippen molar-refractivity contribution >= 4 is 24.0 Å². The topological polar surface area (TPSA) is 112 Å². The summed E-state index contributed by atoms with van der Waals surface area (Å²) < 4.78 is 21.6. The first-order chi connectivity index (χ1) is 14.5. The summed E-state index contributed by atoms with van der Waals surface area (Å²) in [4.78, 5) is 36.6. The van der Waals surface area contributed by atoms with Crippen molar-refractivity contribution in [2.75, 3.05) is 7.11 Å². The fraction of sp³-hybridized carbons (Fsp3) is 0.522. The second-order valence-electron chi connectivity index (χ2n) is 8.36. The van der Waals surface area contributed by atoms with E-state index in [2.05, 4.69) is 6.58 Å². The fourth-order valence-corrected chi connectivity index (χ4v) is 4.19. The van der Waals surface area contributed by atoms with Crippen LogP contribution >= 0.6 is 0 Å². The number of carbonyl (C=O) groups is 3. The lowest BCUT2D eigenvalue weighted by Gasteiger charge is -2.28. The zero-order valence-electron chi connectivity index (χ0n) is 18.2. The van der Waals surface area contributed by atoms with E-state index >= 15 is 0 Å². The molecule has 1 aromatic heterocycles. The molecule has 168 valence electrons. The largest absolute Gasteiger partial charge is 0.465 e. The molecule has 1 aromatic rings. The third-order valence-electron chi connectivity index (χ3n) is 5.86. The number of methoxy groups -OCH3 is 1. The molecule has 1 saturated heterocycles. The third kappa shape index (κ3) is 4.58. The van der Waals surface area contributed by atoms with E-state index in [9.17, 15) is 19.5 Å². The Balaban J connectivity index is 2.08. The van der Waals surface area contributed by atoms with E-state index in [-0.39, 0.29) is 18.8 Å². The molecular formula is C23H28O8. The quantitative estimate of drug-likeness (QED) is 0.441. The molecule has 3 rings (SSSR count). The van der Waals surface area contributed by atoms with E-state index in [4.69, 9.17) is 18.6 Å². The Bertz CT molecular complexity index is 939. The van der Waals surface area contributed by atoms with Gasteiger partial charge in [-0.15, -0.1) is 0 Å². The summed E-state index contributed by atoms with van der Waals surface area (Å²) in [5.41, 5.74) is -0.0777. The number of esters is 3. The second-order valence-corrected chi connectivity index (χ2v) is 8.36. The maximum Gasteiger partial charge on any atom is 0.342 e. The minimum Gasteiger partial charge on any atom is -0.465 e. The van der Waals surface area contributed by atoms with E-state index in [0.717, 1.165) is 11.1 Å². The predicted molar refractivity (Wildman–Crippen MR) is 110 cm³/mol. The highest BCUT2D eigenvalue weighted by Crippen LogP contribution is 2.39. The molecule has 4 bridgehead atoms. The Morgan fingerprint density at radius 2 is 2.00 bits per heavy atom. The zero-order chi connectivity index (χ0) is 22.9. The van der Waals surface area contributed by atoms with Crippen LogP contribution in [0.3, 0.4) is 0 Å². The van der Waals surface area contributed by atoms with Crippen LogP contribution in [-0.4, -0.2) is 47.9 Å². The van der Waals surface area contributed by atoms with Gasteiger partial charge in [-0.2, -0.15) is 0 Å². The molecule has 0 radical (unpaired) electrons. The molecule has 2 aliphatic heterocycles. The van der Waals surface area contributed by atoms with Crippen molar-refractivity contribution in [3.63, 3.8) is 0 Å². The highest BCUT2D eigenvalue weighted by Gasteiger charge is 2.58. The van der Waals surface area contributed by atoms with Gasteiger partial charge in [0, 0.05) is 19.8 Å². The Morgan fingerprint density at radius 1 is 1.29 bits per heavy atom. The second kappa shape index (κ2) is 8.70. The highest BCUT2D eigenvalue weighted by molar-refractivity contribution is 5.91. The molecule has 3 heterocycles. The third-order valence-corrected chi connectivity index (χ3v) is 5.86.